The van der Waals surface area contributed by atoms with Crippen LogP contribution in [0.1, 0.15) is 130 Å². The molecular formula is C87H78BN5S2. The van der Waals surface area contributed by atoms with E-state index >= 15 is 0 Å². The van der Waals surface area contributed by atoms with Crippen LogP contribution in [0.15, 0.2) is 218 Å². The van der Waals surface area contributed by atoms with Crippen LogP contribution in [0.25, 0.3) is 42.1 Å². The number of anilines is 15. The molecular weight excluding hydrogens is 1190 g/mol. The molecule has 2 aromatic heterocycles. The first kappa shape index (κ1) is 58.3. The number of fused-ring (bicyclic) bond motifs is 16. The molecule has 0 spiro atoms. The van der Waals surface area contributed by atoms with E-state index in [2.05, 4.69) is 340 Å². The lowest BCUT2D eigenvalue weighted by atomic mass is 9.36. The fourth-order valence-electron chi connectivity index (χ4n) is 16.4. The van der Waals surface area contributed by atoms with Gasteiger partial charge in [-0.15, -0.1) is 22.7 Å². The zero-order valence-corrected chi connectivity index (χ0v) is 58.5. The SMILES string of the molecule is CC(C)(C)c1ccc(N2c3cc4cc5c(cc4cc3B3c4sc6ccccc6c4N(c4ccc(C(C)(C)C)cc4)c4cccc2c43)N(c2ccc(C(C)(C)C)cc2)c2cccc3c2N5c2sc4cc5c(cc4c2N3c2ccc(C(C)(C)C)cc2)-c2ccccc2C5(C)C)cc1. The van der Waals surface area contributed by atoms with Gasteiger partial charge in [-0.2, -0.15) is 0 Å². The molecule has 0 unspecified atom stereocenters. The number of hydrogen-bond acceptors (Lipinski definition) is 7. The van der Waals surface area contributed by atoms with Gasteiger partial charge in [0.2, 0.25) is 0 Å². The minimum absolute atomic E-state index is 0.00231. The van der Waals surface area contributed by atoms with Crippen LogP contribution < -0.4 is 40.2 Å². The van der Waals surface area contributed by atoms with Gasteiger partial charge >= 0.3 is 0 Å². The Morgan fingerprint density at radius 3 is 1.35 bits per heavy atom. The molecule has 466 valence electrons. The zero-order valence-electron chi connectivity index (χ0n) is 56.9. The molecule has 5 aliphatic rings. The minimum atomic E-state index is -0.152. The van der Waals surface area contributed by atoms with Gasteiger partial charge in [0.25, 0.3) is 6.71 Å². The highest BCUT2D eigenvalue weighted by molar-refractivity contribution is 7.33. The monoisotopic (exact) mass is 1270 g/mol. The summed E-state index contributed by atoms with van der Waals surface area (Å²) in [6.45, 7) is 32.5. The number of hydrogen-bond donors (Lipinski definition) is 0. The first-order valence-electron chi connectivity index (χ1n) is 33.9. The number of nitrogens with zero attached hydrogens (tertiary/aromatic N) is 5. The second-order valence-electron chi connectivity index (χ2n) is 31.9. The van der Waals surface area contributed by atoms with Crippen molar-refractivity contribution in [2.75, 3.05) is 24.5 Å². The van der Waals surface area contributed by atoms with Crippen LogP contribution >= 0.6 is 22.7 Å². The number of para-hydroxylation sites is 1. The largest absolute Gasteiger partial charge is 0.311 e. The summed E-state index contributed by atoms with van der Waals surface area (Å²) in [7, 11) is 0. The molecule has 1 aliphatic carbocycles. The first-order chi connectivity index (χ1) is 45.4. The molecule has 0 saturated heterocycles. The van der Waals surface area contributed by atoms with E-state index in [-0.39, 0.29) is 33.8 Å². The van der Waals surface area contributed by atoms with Crippen LogP contribution in [0.4, 0.5) is 84.6 Å². The number of thiophene rings is 2. The molecule has 18 rings (SSSR count). The molecule has 5 nitrogen and oxygen atoms in total. The quantitative estimate of drug-likeness (QED) is 0.163. The van der Waals surface area contributed by atoms with Crippen molar-refractivity contribution in [3.63, 3.8) is 0 Å². The summed E-state index contributed by atoms with van der Waals surface area (Å²) in [5.74, 6) is 0. The second kappa shape index (κ2) is 19.9. The minimum Gasteiger partial charge on any atom is -0.311 e. The van der Waals surface area contributed by atoms with Crippen molar-refractivity contribution in [1.82, 2.24) is 0 Å². The highest BCUT2D eigenvalue weighted by Gasteiger charge is 2.48. The molecule has 13 aromatic rings. The molecule has 0 fully saturated rings. The maximum absolute atomic E-state index is 2.67. The van der Waals surface area contributed by atoms with Gasteiger partial charge in [0, 0.05) is 70.2 Å². The lowest BCUT2D eigenvalue weighted by Crippen LogP contribution is -2.60. The van der Waals surface area contributed by atoms with Crippen LogP contribution in [0.2, 0.25) is 0 Å². The Kier molecular flexibility index (Phi) is 12.2. The predicted molar refractivity (Wildman–Crippen MR) is 412 cm³/mol. The third-order valence-corrected chi connectivity index (χ3v) is 23.8. The van der Waals surface area contributed by atoms with E-state index in [0.29, 0.717) is 0 Å². The van der Waals surface area contributed by atoms with Gasteiger partial charge in [-0.05, 0) is 197 Å². The highest BCUT2D eigenvalue weighted by Crippen LogP contribution is 2.68. The molecule has 95 heavy (non-hydrogen) atoms. The third kappa shape index (κ3) is 8.51. The van der Waals surface area contributed by atoms with E-state index in [0.717, 1.165) is 39.8 Å². The van der Waals surface area contributed by atoms with Gasteiger partial charge in [-0.3, -0.25) is 4.90 Å². The first-order valence-corrected chi connectivity index (χ1v) is 35.6. The molecule has 6 heterocycles. The fourth-order valence-corrected chi connectivity index (χ4v) is 18.9. The van der Waals surface area contributed by atoms with E-state index < -0.39 is 0 Å². The van der Waals surface area contributed by atoms with E-state index in [1.165, 1.54) is 136 Å². The van der Waals surface area contributed by atoms with Crippen molar-refractivity contribution >= 4 is 161 Å². The average molecular weight is 1270 g/mol. The van der Waals surface area contributed by atoms with Gasteiger partial charge in [0.1, 0.15) is 5.00 Å². The Hall–Kier alpha value is -9.34. The van der Waals surface area contributed by atoms with E-state index in [4.69, 9.17) is 0 Å². The Morgan fingerprint density at radius 2 is 0.779 bits per heavy atom. The van der Waals surface area contributed by atoms with Crippen LogP contribution in [0, 0.1) is 0 Å². The van der Waals surface area contributed by atoms with Crippen LogP contribution in [0.5, 0.6) is 0 Å². The molecule has 0 amide bonds. The van der Waals surface area contributed by atoms with Crippen LogP contribution in [-0.2, 0) is 27.1 Å². The summed E-state index contributed by atoms with van der Waals surface area (Å²) in [6.07, 6.45) is 0. The zero-order chi connectivity index (χ0) is 65.3. The molecule has 8 heteroatoms. The van der Waals surface area contributed by atoms with Gasteiger partial charge < -0.3 is 19.6 Å². The van der Waals surface area contributed by atoms with Crippen molar-refractivity contribution in [2.24, 2.45) is 0 Å². The summed E-state index contributed by atoms with van der Waals surface area (Å²) < 4.78 is 3.96. The number of benzene rings is 11. The average Bonchev–Trinajstić information content (AvgIpc) is 1.68. The Labute approximate surface area is 568 Å². The Bertz CT molecular complexity index is 5390. The summed E-state index contributed by atoms with van der Waals surface area (Å²) in [6, 6.07) is 85.3. The molecule has 0 saturated carbocycles. The normalized spacial score (nSPS) is 15.0. The topological polar surface area (TPSA) is 16.2 Å². The van der Waals surface area contributed by atoms with E-state index in [9.17, 15) is 0 Å². The highest BCUT2D eigenvalue weighted by atomic mass is 32.1. The molecule has 0 bridgehead atoms. The van der Waals surface area contributed by atoms with Gasteiger partial charge in [0.05, 0.1) is 39.8 Å². The fraction of sp³-hybridized carbons (Fsp3) is 0.218. The van der Waals surface area contributed by atoms with Crippen LogP contribution in [-0.4, -0.2) is 6.71 Å². The standard InChI is InChI=1S/C87H78BN5S2/c1-83(2,3)53-29-37-57(38-30-53)89-68-24-19-25-69-77(68)88(81-78(62-22-16-18-28-75(62)94-81)91(69)59-41-33-55(34-42-59)85(7,8)9)67-45-51-47-73-74(48-52(51)46-72(67)89)93-80-70(90(73)58-39-31-54(32-40-58)84(4,5)6)26-20-27-71(80)92(60-43-35-56(36-44-60)86(10,11)12)79-64-49-63-61-21-15-17-23-65(61)87(13,14)66(63)50-76(64)95-82(79)93/h15-50H,1-14H3. The lowest BCUT2D eigenvalue weighted by molar-refractivity contribution is 0.590. The maximum Gasteiger partial charge on any atom is 0.264 e. The van der Waals surface area contributed by atoms with Gasteiger partial charge in [-0.25, -0.2) is 0 Å². The van der Waals surface area contributed by atoms with Crippen molar-refractivity contribution in [3.8, 4) is 11.1 Å². The molecule has 0 atom stereocenters. The van der Waals surface area contributed by atoms with Crippen molar-refractivity contribution in [3.05, 3.63) is 252 Å². The third-order valence-electron chi connectivity index (χ3n) is 21.5. The predicted octanol–water partition coefficient (Wildman–Crippen LogP) is 23.9. The summed E-state index contributed by atoms with van der Waals surface area (Å²) >= 11 is 3.90. The molecule has 0 N–H and O–H groups in total. The smallest absolute Gasteiger partial charge is 0.264 e. The molecule has 0 radical (unpaired) electrons. The van der Waals surface area contributed by atoms with E-state index in [1.807, 2.05) is 22.7 Å². The summed E-state index contributed by atoms with van der Waals surface area (Å²) in [5, 5.41) is 6.16. The Balaban J connectivity index is 0.918. The van der Waals surface area contributed by atoms with Crippen LogP contribution in [0.3, 0.4) is 0 Å². The summed E-state index contributed by atoms with van der Waals surface area (Å²) in [5.41, 5.74) is 29.7. The molecule has 4 aliphatic heterocycles. The van der Waals surface area contributed by atoms with Crippen molar-refractivity contribution in [2.45, 2.75) is 124 Å². The van der Waals surface area contributed by atoms with Crippen molar-refractivity contribution < 1.29 is 0 Å². The number of rotatable bonds is 4. The Morgan fingerprint density at radius 1 is 0.326 bits per heavy atom. The van der Waals surface area contributed by atoms with E-state index in [1.54, 1.807) is 0 Å². The van der Waals surface area contributed by atoms with Gasteiger partial charge in [-0.1, -0.05) is 206 Å². The van der Waals surface area contributed by atoms with Crippen molar-refractivity contribution in [1.29, 1.82) is 0 Å². The van der Waals surface area contributed by atoms with Gasteiger partial charge in [0.15, 0.2) is 0 Å². The maximum atomic E-state index is 2.67. The summed E-state index contributed by atoms with van der Waals surface area (Å²) in [4.78, 5) is 13.0. The molecule has 11 aromatic carbocycles. The second-order valence-corrected chi connectivity index (χ2v) is 34.0. The lowest BCUT2D eigenvalue weighted by Gasteiger charge is -2.46.